The number of fused-ring (bicyclic) bond motifs is 1. The number of urea groups is 1. The zero-order valence-electron chi connectivity index (χ0n) is 16.6. The minimum atomic E-state index is -2.89. The number of benzene rings is 2. The Balaban J connectivity index is 1.33. The Kier molecular flexibility index (Phi) is 7.59. The van der Waals surface area contributed by atoms with E-state index in [9.17, 15) is 18.4 Å². The fourth-order valence-electron chi connectivity index (χ4n) is 3.38. The Labute approximate surface area is 174 Å². The van der Waals surface area contributed by atoms with Crippen LogP contribution >= 0.6 is 0 Å². The predicted molar refractivity (Wildman–Crippen MR) is 108 cm³/mol. The fraction of sp³-hybridized carbons (Fsp3) is 0.364. The number of ether oxygens (including phenoxy) is 1. The number of amides is 3. The van der Waals surface area contributed by atoms with Crippen LogP contribution in [0.3, 0.4) is 0 Å². The summed E-state index contributed by atoms with van der Waals surface area (Å²) in [7, 11) is 0. The molecule has 2 aromatic rings. The lowest BCUT2D eigenvalue weighted by Crippen LogP contribution is -2.37. The average Bonchev–Trinajstić information content (AvgIpc) is 2.74. The zero-order valence-corrected chi connectivity index (χ0v) is 16.6. The topological polar surface area (TPSA) is 70.7 Å². The summed E-state index contributed by atoms with van der Waals surface area (Å²) >= 11 is 0. The zero-order chi connectivity index (χ0) is 21.3. The molecule has 0 fully saturated rings. The number of hydrogen-bond acceptors (Lipinski definition) is 3. The molecule has 1 aliphatic heterocycles. The molecule has 0 atom stereocenters. The third-order valence-corrected chi connectivity index (χ3v) is 4.91. The largest absolute Gasteiger partial charge is 0.435 e. The number of carbonyl (C=O) groups is 2. The van der Waals surface area contributed by atoms with Crippen molar-refractivity contribution in [3.05, 3.63) is 65.2 Å². The summed E-state index contributed by atoms with van der Waals surface area (Å²) in [6.45, 7) is -0.983. The number of nitrogens with zero attached hydrogens (tertiary/aromatic N) is 1. The molecule has 0 bridgehead atoms. The van der Waals surface area contributed by atoms with Crippen LogP contribution in [0.1, 0.15) is 29.5 Å². The van der Waals surface area contributed by atoms with E-state index >= 15 is 0 Å². The van der Waals surface area contributed by atoms with Gasteiger partial charge in [-0.2, -0.15) is 8.78 Å². The number of alkyl halides is 2. The number of hydrogen-bond donors (Lipinski definition) is 2. The number of nitrogens with one attached hydrogen (secondary N) is 2. The van der Waals surface area contributed by atoms with E-state index in [-0.39, 0.29) is 24.2 Å². The monoisotopic (exact) mass is 417 g/mol. The molecule has 3 amide bonds. The number of carbonyl (C=O) groups excluding carboxylic acids is 2. The maximum atomic E-state index is 12.4. The molecule has 160 valence electrons. The first-order valence-corrected chi connectivity index (χ1v) is 9.91. The van der Waals surface area contributed by atoms with Crippen molar-refractivity contribution in [1.29, 1.82) is 0 Å². The van der Waals surface area contributed by atoms with E-state index in [1.165, 1.54) is 23.3 Å². The van der Waals surface area contributed by atoms with Crippen LogP contribution in [-0.2, 0) is 24.3 Å². The summed E-state index contributed by atoms with van der Waals surface area (Å²) in [5.74, 6) is 0.131. The second kappa shape index (κ2) is 10.6. The van der Waals surface area contributed by atoms with E-state index in [1.807, 2.05) is 17.0 Å². The smallest absolute Gasteiger partial charge is 0.387 e. The van der Waals surface area contributed by atoms with E-state index in [2.05, 4.69) is 27.5 Å². The summed E-state index contributed by atoms with van der Waals surface area (Å²) in [5, 5.41) is 5.36. The van der Waals surface area contributed by atoms with Crippen LogP contribution in [0.15, 0.2) is 48.5 Å². The molecule has 2 aromatic carbocycles. The summed E-state index contributed by atoms with van der Waals surface area (Å²) in [4.78, 5) is 26.2. The van der Waals surface area contributed by atoms with Gasteiger partial charge in [0.05, 0.1) is 0 Å². The van der Waals surface area contributed by atoms with E-state index in [1.54, 1.807) is 12.1 Å². The average molecular weight is 417 g/mol. The Morgan fingerprint density at radius 1 is 1.07 bits per heavy atom. The standard InChI is InChI=1S/C22H25F2N3O3/c23-21(24)30-19-8-3-5-16(13-19)14-26-22(29)25-11-4-9-20(28)27-12-10-17-6-1-2-7-18(17)15-27/h1-3,5-8,13,21H,4,9-12,14-15H2,(H2,25,26,29). The molecule has 1 aliphatic rings. The van der Waals surface area contributed by atoms with Crippen molar-refractivity contribution < 1.29 is 23.1 Å². The molecular formula is C22H25F2N3O3. The molecule has 6 nitrogen and oxygen atoms in total. The van der Waals surface area contributed by atoms with Gasteiger partial charge < -0.3 is 20.3 Å². The maximum absolute atomic E-state index is 12.4. The number of halogens is 2. The molecule has 0 saturated carbocycles. The highest BCUT2D eigenvalue weighted by molar-refractivity contribution is 5.77. The van der Waals surface area contributed by atoms with Gasteiger partial charge in [0.15, 0.2) is 0 Å². The maximum Gasteiger partial charge on any atom is 0.387 e. The second-order valence-corrected chi connectivity index (χ2v) is 7.07. The van der Waals surface area contributed by atoms with E-state index in [0.29, 0.717) is 31.5 Å². The Hall–Kier alpha value is -3.16. The number of rotatable bonds is 8. The summed E-state index contributed by atoms with van der Waals surface area (Å²) in [6.07, 6.45) is 1.78. The Morgan fingerprint density at radius 3 is 2.67 bits per heavy atom. The van der Waals surface area contributed by atoms with Crippen molar-refractivity contribution in [3.8, 4) is 5.75 Å². The first-order chi connectivity index (χ1) is 14.5. The molecule has 2 N–H and O–H groups in total. The lowest BCUT2D eigenvalue weighted by atomic mass is 9.99. The van der Waals surface area contributed by atoms with Gasteiger partial charge in [-0.15, -0.1) is 0 Å². The van der Waals surface area contributed by atoms with Crippen LogP contribution in [0.5, 0.6) is 5.75 Å². The highest BCUT2D eigenvalue weighted by Gasteiger charge is 2.19. The van der Waals surface area contributed by atoms with Crippen LogP contribution in [0.4, 0.5) is 13.6 Å². The third-order valence-electron chi connectivity index (χ3n) is 4.91. The molecule has 3 rings (SSSR count). The first-order valence-electron chi connectivity index (χ1n) is 9.91. The third kappa shape index (κ3) is 6.43. The van der Waals surface area contributed by atoms with Crippen LogP contribution in [0, 0.1) is 0 Å². The van der Waals surface area contributed by atoms with Crippen LogP contribution in [-0.4, -0.2) is 36.5 Å². The molecule has 8 heteroatoms. The van der Waals surface area contributed by atoms with Crippen molar-refractivity contribution in [2.45, 2.75) is 39.0 Å². The fourth-order valence-corrected chi connectivity index (χ4v) is 3.38. The van der Waals surface area contributed by atoms with Crippen molar-refractivity contribution >= 4 is 11.9 Å². The molecule has 0 radical (unpaired) electrons. The quantitative estimate of drug-likeness (QED) is 0.647. The molecule has 0 saturated heterocycles. The van der Waals surface area contributed by atoms with Gasteiger partial charge in [-0.25, -0.2) is 4.79 Å². The molecular weight excluding hydrogens is 392 g/mol. The van der Waals surface area contributed by atoms with Gasteiger partial charge in [-0.3, -0.25) is 4.79 Å². The van der Waals surface area contributed by atoms with Crippen molar-refractivity contribution in [3.63, 3.8) is 0 Å². The minimum absolute atomic E-state index is 0.0450. The Morgan fingerprint density at radius 2 is 1.87 bits per heavy atom. The summed E-state index contributed by atoms with van der Waals surface area (Å²) < 4.78 is 28.8. The van der Waals surface area contributed by atoms with E-state index in [4.69, 9.17) is 0 Å². The van der Waals surface area contributed by atoms with Gasteiger partial charge in [-0.1, -0.05) is 36.4 Å². The van der Waals surface area contributed by atoms with Gasteiger partial charge in [0.1, 0.15) is 5.75 Å². The molecule has 1 heterocycles. The lowest BCUT2D eigenvalue weighted by Gasteiger charge is -2.29. The van der Waals surface area contributed by atoms with Crippen LogP contribution in [0.25, 0.3) is 0 Å². The van der Waals surface area contributed by atoms with Gasteiger partial charge in [0.2, 0.25) is 5.91 Å². The molecule has 0 unspecified atom stereocenters. The summed E-state index contributed by atoms with van der Waals surface area (Å²) in [6, 6.07) is 13.9. The van der Waals surface area contributed by atoms with E-state index < -0.39 is 6.61 Å². The van der Waals surface area contributed by atoms with Crippen LogP contribution in [0.2, 0.25) is 0 Å². The molecule has 0 aromatic heterocycles. The van der Waals surface area contributed by atoms with Gasteiger partial charge in [0, 0.05) is 32.6 Å². The molecule has 0 aliphatic carbocycles. The van der Waals surface area contributed by atoms with Crippen molar-refractivity contribution in [2.24, 2.45) is 0 Å². The van der Waals surface area contributed by atoms with Crippen molar-refractivity contribution in [2.75, 3.05) is 13.1 Å². The van der Waals surface area contributed by atoms with Gasteiger partial charge in [0.25, 0.3) is 0 Å². The Bertz CT molecular complexity index is 876. The highest BCUT2D eigenvalue weighted by atomic mass is 19.3. The second-order valence-electron chi connectivity index (χ2n) is 7.07. The predicted octanol–water partition coefficient (Wildman–Crippen LogP) is 3.45. The normalized spacial score (nSPS) is 13.0. The highest BCUT2D eigenvalue weighted by Crippen LogP contribution is 2.19. The van der Waals surface area contributed by atoms with Gasteiger partial charge >= 0.3 is 12.6 Å². The van der Waals surface area contributed by atoms with Gasteiger partial charge in [-0.05, 0) is 41.7 Å². The molecule has 0 spiro atoms. The molecule has 30 heavy (non-hydrogen) atoms. The van der Waals surface area contributed by atoms with E-state index in [0.717, 1.165) is 13.0 Å². The summed E-state index contributed by atoms with van der Waals surface area (Å²) in [5.41, 5.74) is 3.13. The minimum Gasteiger partial charge on any atom is -0.435 e. The van der Waals surface area contributed by atoms with Crippen LogP contribution < -0.4 is 15.4 Å². The first kappa shape index (κ1) is 21.5. The van der Waals surface area contributed by atoms with Crippen molar-refractivity contribution in [1.82, 2.24) is 15.5 Å². The lowest BCUT2D eigenvalue weighted by molar-refractivity contribution is -0.132. The SMILES string of the molecule is O=C(NCCCC(=O)N1CCc2ccccc2C1)NCc1cccc(OC(F)F)c1.